The van der Waals surface area contributed by atoms with Crippen molar-refractivity contribution in [2.24, 2.45) is 5.92 Å². The molecule has 1 heterocycles. The lowest BCUT2D eigenvalue weighted by atomic mass is 9.80. The average Bonchev–Trinajstić information content (AvgIpc) is 2.49. The van der Waals surface area contributed by atoms with Gasteiger partial charge < -0.3 is 0 Å². The van der Waals surface area contributed by atoms with Gasteiger partial charge in [0, 0.05) is 11.9 Å². The van der Waals surface area contributed by atoms with E-state index in [1.165, 1.54) is 40.4 Å². The van der Waals surface area contributed by atoms with E-state index in [4.69, 9.17) is 0 Å². The molecule has 0 atom stereocenters. The summed E-state index contributed by atoms with van der Waals surface area (Å²) in [7, 11) is 0. The number of pyridine rings is 1. The normalized spacial score (nSPS) is 14.6. The van der Waals surface area contributed by atoms with Gasteiger partial charge in [0.2, 0.25) is 0 Å². The molecule has 20 heavy (non-hydrogen) atoms. The van der Waals surface area contributed by atoms with Gasteiger partial charge in [0.15, 0.2) is 0 Å². The first-order chi connectivity index (χ1) is 9.90. The van der Waals surface area contributed by atoms with Gasteiger partial charge in [-0.05, 0) is 59.2 Å². The highest BCUT2D eigenvalue weighted by Gasteiger charge is 2.20. The minimum atomic E-state index is 0.672. The van der Waals surface area contributed by atoms with Crippen LogP contribution >= 0.6 is 0 Å². The zero-order valence-electron chi connectivity index (χ0n) is 11.4. The van der Waals surface area contributed by atoms with Crippen molar-refractivity contribution in [1.82, 2.24) is 4.98 Å². The van der Waals surface area contributed by atoms with Crippen LogP contribution in [0, 0.1) is 5.92 Å². The summed E-state index contributed by atoms with van der Waals surface area (Å²) in [4.78, 5) is 4.48. The van der Waals surface area contributed by atoms with Crippen molar-refractivity contribution in [3.05, 3.63) is 77.6 Å². The van der Waals surface area contributed by atoms with Gasteiger partial charge in [0.1, 0.15) is 0 Å². The lowest BCUT2D eigenvalue weighted by Gasteiger charge is -2.25. The zero-order valence-corrected chi connectivity index (χ0v) is 11.4. The third kappa shape index (κ3) is 2.00. The second-order valence-electron chi connectivity index (χ2n) is 5.73. The highest BCUT2D eigenvalue weighted by molar-refractivity contribution is 5.89. The van der Waals surface area contributed by atoms with Crippen LogP contribution in [-0.4, -0.2) is 4.98 Å². The van der Waals surface area contributed by atoms with Crippen molar-refractivity contribution in [3.8, 4) is 0 Å². The zero-order chi connectivity index (χ0) is 13.4. The van der Waals surface area contributed by atoms with Gasteiger partial charge in [-0.15, -0.1) is 0 Å². The lowest BCUT2D eigenvalue weighted by molar-refractivity contribution is 0.506. The summed E-state index contributed by atoms with van der Waals surface area (Å²) in [5.74, 6) is 0.672. The Morgan fingerprint density at radius 2 is 1.60 bits per heavy atom. The van der Waals surface area contributed by atoms with Gasteiger partial charge in [-0.2, -0.15) is 0 Å². The number of aromatic nitrogens is 1. The predicted molar refractivity (Wildman–Crippen MR) is 82.8 cm³/mol. The van der Waals surface area contributed by atoms with Crippen molar-refractivity contribution < 1.29 is 0 Å². The van der Waals surface area contributed by atoms with Crippen molar-refractivity contribution in [2.45, 2.75) is 19.3 Å². The molecule has 0 aliphatic heterocycles. The molecule has 98 valence electrons. The number of hydrogen-bond donors (Lipinski definition) is 0. The highest BCUT2D eigenvalue weighted by atomic mass is 14.7. The van der Waals surface area contributed by atoms with E-state index in [2.05, 4.69) is 53.5 Å². The summed E-state index contributed by atoms with van der Waals surface area (Å²) in [5, 5.41) is 2.88. The van der Waals surface area contributed by atoms with Crippen LogP contribution < -0.4 is 0 Å². The molecule has 0 amide bonds. The van der Waals surface area contributed by atoms with Crippen molar-refractivity contribution in [3.63, 3.8) is 0 Å². The van der Waals surface area contributed by atoms with Gasteiger partial charge in [0.25, 0.3) is 0 Å². The second-order valence-corrected chi connectivity index (χ2v) is 5.73. The van der Waals surface area contributed by atoms with Crippen LogP contribution in [0.2, 0.25) is 0 Å². The van der Waals surface area contributed by atoms with E-state index in [1.54, 1.807) is 0 Å². The van der Waals surface area contributed by atoms with Gasteiger partial charge in [-0.1, -0.05) is 42.5 Å². The first-order valence-electron chi connectivity index (χ1n) is 7.29. The molecule has 1 aliphatic carbocycles. The summed E-state index contributed by atoms with van der Waals surface area (Å²) in [5.41, 5.74) is 4.22. The fourth-order valence-electron chi connectivity index (χ4n) is 3.50. The molecular formula is C19H17N. The van der Waals surface area contributed by atoms with Crippen LogP contribution in [0.3, 0.4) is 0 Å². The van der Waals surface area contributed by atoms with Crippen LogP contribution in [0.4, 0.5) is 0 Å². The van der Waals surface area contributed by atoms with E-state index in [-0.39, 0.29) is 0 Å². The summed E-state index contributed by atoms with van der Waals surface area (Å²) in [6.07, 6.45) is 5.31. The molecule has 1 aromatic heterocycles. The smallest absolute Gasteiger partial charge is 0.0406 e. The minimum Gasteiger partial charge on any atom is -0.261 e. The average molecular weight is 259 g/mol. The molecule has 0 saturated heterocycles. The fourth-order valence-corrected chi connectivity index (χ4v) is 3.50. The topological polar surface area (TPSA) is 12.9 Å². The Morgan fingerprint density at radius 1 is 0.850 bits per heavy atom. The molecule has 1 nitrogen and oxygen atoms in total. The van der Waals surface area contributed by atoms with E-state index >= 15 is 0 Å². The molecule has 0 spiro atoms. The van der Waals surface area contributed by atoms with Gasteiger partial charge >= 0.3 is 0 Å². The van der Waals surface area contributed by atoms with Crippen LogP contribution in [0.5, 0.6) is 0 Å². The van der Waals surface area contributed by atoms with Crippen molar-refractivity contribution in [1.29, 1.82) is 0 Å². The van der Waals surface area contributed by atoms with Crippen LogP contribution in [0.1, 0.15) is 16.8 Å². The number of hydrogen-bond acceptors (Lipinski definition) is 1. The summed E-state index contributed by atoms with van der Waals surface area (Å²) < 4.78 is 0. The summed E-state index contributed by atoms with van der Waals surface area (Å²) in [6.45, 7) is 0. The van der Waals surface area contributed by atoms with Gasteiger partial charge in [0.05, 0.1) is 0 Å². The first-order valence-corrected chi connectivity index (χ1v) is 7.29. The van der Waals surface area contributed by atoms with E-state index in [1.807, 2.05) is 12.3 Å². The number of rotatable bonds is 2. The van der Waals surface area contributed by atoms with Crippen LogP contribution in [0.25, 0.3) is 10.8 Å². The molecular weight excluding hydrogens is 242 g/mol. The Balaban J connectivity index is 1.69. The third-order valence-electron chi connectivity index (χ3n) is 4.32. The molecule has 0 bridgehead atoms. The highest BCUT2D eigenvalue weighted by Crippen LogP contribution is 2.33. The van der Waals surface area contributed by atoms with Crippen molar-refractivity contribution >= 4 is 10.8 Å². The fraction of sp³-hybridized carbons (Fsp3) is 0.211. The predicted octanol–water partition coefficient (Wildman–Crippen LogP) is 4.19. The van der Waals surface area contributed by atoms with E-state index in [0.717, 1.165) is 6.42 Å². The maximum absolute atomic E-state index is 4.48. The minimum absolute atomic E-state index is 0.672. The molecule has 1 heteroatoms. The van der Waals surface area contributed by atoms with Gasteiger partial charge in [-0.3, -0.25) is 4.98 Å². The van der Waals surface area contributed by atoms with Crippen LogP contribution in [-0.2, 0) is 19.3 Å². The number of nitrogens with zero attached hydrogens (tertiary/aromatic N) is 1. The monoisotopic (exact) mass is 259 g/mol. The Morgan fingerprint density at radius 3 is 2.25 bits per heavy atom. The van der Waals surface area contributed by atoms with E-state index in [0.29, 0.717) is 5.92 Å². The maximum Gasteiger partial charge on any atom is 0.0406 e. The molecule has 2 aromatic carbocycles. The Kier molecular flexibility index (Phi) is 2.77. The SMILES string of the molecule is c1ccc(CC2Cc3cccc4cccc(c34)C2)nc1. The van der Waals surface area contributed by atoms with Crippen molar-refractivity contribution in [2.75, 3.05) is 0 Å². The number of benzene rings is 2. The Bertz CT molecular complexity index is 705. The van der Waals surface area contributed by atoms with E-state index in [9.17, 15) is 0 Å². The molecule has 3 aromatic rings. The Labute approximate surface area is 119 Å². The molecule has 0 unspecified atom stereocenters. The molecule has 4 rings (SSSR count). The molecule has 0 fully saturated rings. The first kappa shape index (κ1) is 11.7. The van der Waals surface area contributed by atoms with E-state index < -0.39 is 0 Å². The van der Waals surface area contributed by atoms with Gasteiger partial charge in [-0.25, -0.2) is 0 Å². The molecule has 0 radical (unpaired) electrons. The standard InChI is InChI=1S/C19H17N/c1-2-10-20-18(9-1)13-14-11-16-7-3-5-15-6-4-8-17(12-14)19(15)16/h1-10,14H,11-13H2. The molecule has 0 N–H and O–H groups in total. The second kappa shape index (κ2) is 4.75. The quantitative estimate of drug-likeness (QED) is 0.672. The van der Waals surface area contributed by atoms with Crippen LogP contribution in [0.15, 0.2) is 60.8 Å². The lowest BCUT2D eigenvalue weighted by Crippen LogP contribution is -2.17. The summed E-state index contributed by atoms with van der Waals surface area (Å²) in [6, 6.07) is 19.6. The largest absolute Gasteiger partial charge is 0.261 e. The Hall–Kier alpha value is -2.15. The molecule has 1 aliphatic rings. The summed E-state index contributed by atoms with van der Waals surface area (Å²) >= 11 is 0. The maximum atomic E-state index is 4.48. The molecule has 0 saturated carbocycles. The third-order valence-corrected chi connectivity index (χ3v) is 4.32.